The molecule has 1 saturated heterocycles. The molecule has 10 nitrogen and oxygen atoms in total. The van der Waals surface area contributed by atoms with E-state index in [9.17, 15) is 24.3 Å². The van der Waals surface area contributed by atoms with Gasteiger partial charge in [-0.05, 0) is 50.5 Å². The summed E-state index contributed by atoms with van der Waals surface area (Å²) in [6.45, 7) is 8.29. The third-order valence-corrected chi connectivity index (χ3v) is 6.74. The van der Waals surface area contributed by atoms with Crippen molar-refractivity contribution in [3.8, 4) is 0 Å². The van der Waals surface area contributed by atoms with Gasteiger partial charge in [0.05, 0.1) is 6.04 Å². The maximum Gasteiger partial charge on any atom is 0.326 e. The molecule has 33 heavy (non-hydrogen) atoms. The van der Waals surface area contributed by atoms with E-state index in [-0.39, 0.29) is 17.7 Å². The van der Waals surface area contributed by atoms with Crippen molar-refractivity contribution >= 4 is 23.7 Å². The Morgan fingerprint density at radius 3 is 2.24 bits per heavy atom. The van der Waals surface area contributed by atoms with E-state index in [2.05, 4.69) is 10.6 Å². The van der Waals surface area contributed by atoms with Crippen LogP contribution >= 0.6 is 0 Å². The van der Waals surface area contributed by atoms with Crippen molar-refractivity contribution in [1.82, 2.24) is 15.5 Å². The summed E-state index contributed by atoms with van der Waals surface area (Å²) in [5, 5.41) is 14.9. The Balaban J connectivity index is 2.98. The van der Waals surface area contributed by atoms with Crippen LogP contribution in [0.2, 0.25) is 0 Å². The number of carbonyl (C=O) groups is 4. The van der Waals surface area contributed by atoms with Crippen LogP contribution in [0, 0.1) is 11.8 Å². The number of nitrogens with two attached hydrogens (primary N) is 2. The highest BCUT2D eigenvalue weighted by Crippen LogP contribution is 2.21. The van der Waals surface area contributed by atoms with Gasteiger partial charge >= 0.3 is 5.97 Å². The Kier molecular flexibility index (Phi) is 12.4. The molecule has 0 bridgehead atoms. The number of hydrogen-bond donors (Lipinski definition) is 5. The molecule has 0 saturated carbocycles. The number of aliphatic carboxylic acids is 1. The van der Waals surface area contributed by atoms with Crippen LogP contribution in [0.3, 0.4) is 0 Å². The summed E-state index contributed by atoms with van der Waals surface area (Å²) in [6.07, 6.45) is 4.14. The molecule has 190 valence electrons. The normalized spacial score (nSPS) is 20.4. The first kappa shape index (κ1) is 28.8. The summed E-state index contributed by atoms with van der Waals surface area (Å²) in [7, 11) is 0. The average Bonchev–Trinajstić information content (AvgIpc) is 3.29. The van der Waals surface area contributed by atoms with Crippen molar-refractivity contribution in [3.63, 3.8) is 0 Å². The lowest BCUT2D eigenvalue weighted by Crippen LogP contribution is -2.57. The molecule has 1 fully saturated rings. The molecule has 6 atom stereocenters. The number of carbonyl (C=O) groups excluding carboxylic acids is 3. The third kappa shape index (κ3) is 8.26. The number of carboxylic acids is 1. The number of likely N-dealkylation sites (tertiary alicyclic amines) is 1. The number of carboxylic acid groups (broad SMARTS) is 1. The molecule has 1 rings (SSSR count). The molecule has 1 heterocycles. The van der Waals surface area contributed by atoms with Crippen LogP contribution in [0.4, 0.5) is 0 Å². The molecule has 1 aliphatic heterocycles. The first-order valence-electron chi connectivity index (χ1n) is 12.2. The topological polar surface area (TPSA) is 168 Å². The number of nitrogens with zero attached hydrogens (tertiary/aromatic N) is 1. The van der Waals surface area contributed by atoms with Gasteiger partial charge in [0.25, 0.3) is 0 Å². The van der Waals surface area contributed by atoms with Gasteiger partial charge in [-0.25, -0.2) is 4.79 Å². The van der Waals surface area contributed by atoms with Crippen molar-refractivity contribution < 1.29 is 24.3 Å². The Hall–Kier alpha value is -2.20. The van der Waals surface area contributed by atoms with Gasteiger partial charge in [0.2, 0.25) is 17.7 Å². The van der Waals surface area contributed by atoms with Gasteiger partial charge in [-0.15, -0.1) is 0 Å². The minimum absolute atomic E-state index is 0.0383. The molecule has 1 aliphatic rings. The smallest absolute Gasteiger partial charge is 0.326 e. The lowest BCUT2D eigenvalue weighted by atomic mass is 9.98. The highest BCUT2D eigenvalue weighted by atomic mass is 16.4. The Bertz CT molecular complexity index is 674. The average molecular weight is 470 g/mol. The highest BCUT2D eigenvalue weighted by molar-refractivity contribution is 5.94. The van der Waals surface area contributed by atoms with Crippen molar-refractivity contribution in [3.05, 3.63) is 0 Å². The number of nitrogens with one attached hydrogen (secondary N) is 2. The zero-order valence-electron chi connectivity index (χ0n) is 20.5. The molecule has 7 N–H and O–H groups in total. The van der Waals surface area contributed by atoms with E-state index in [4.69, 9.17) is 11.5 Å². The largest absolute Gasteiger partial charge is 0.480 e. The molecular weight excluding hydrogens is 426 g/mol. The molecule has 0 radical (unpaired) electrons. The molecule has 6 unspecified atom stereocenters. The monoisotopic (exact) mass is 469 g/mol. The lowest BCUT2D eigenvalue weighted by Gasteiger charge is -2.31. The predicted octanol–water partition coefficient (Wildman–Crippen LogP) is 0.580. The Morgan fingerprint density at radius 2 is 1.70 bits per heavy atom. The van der Waals surface area contributed by atoms with E-state index >= 15 is 0 Å². The van der Waals surface area contributed by atoms with Crippen LogP contribution in [-0.2, 0) is 19.2 Å². The van der Waals surface area contributed by atoms with Gasteiger partial charge in [0.15, 0.2) is 0 Å². The van der Waals surface area contributed by atoms with Crippen LogP contribution in [0.25, 0.3) is 0 Å². The van der Waals surface area contributed by atoms with Gasteiger partial charge in [0, 0.05) is 6.54 Å². The second kappa shape index (κ2) is 14.1. The van der Waals surface area contributed by atoms with Crippen molar-refractivity contribution in [2.24, 2.45) is 23.3 Å². The van der Waals surface area contributed by atoms with E-state index in [1.54, 1.807) is 6.92 Å². The summed E-state index contributed by atoms with van der Waals surface area (Å²) in [6, 6.07) is -3.32. The summed E-state index contributed by atoms with van der Waals surface area (Å²) in [5.41, 5.74) is 11.6. The molecular formula is C23H43N5O5. The fourth-order valence-electron chi connectivity index (χ4n) is 3.97. The van der Waals surface area contributed by atoms with E-state index in [1.165, 1.54) is 4.90 Å². The van der Waals surface area contributed by atoms with Crippen LogP contribution in [0.15, 0.2) is 0 Å². The Morgan fingerprint density at radius 1 is 1.06 bits per heavy atom. The molecule has 0 aromatic carbocycles. The van der Waals surface area contributed by atoms with Crippen molar-refractivity contribution in [1.29, 1.82) is 0 Å². The Labute approximate surface area is 197 Å². The number of hydrogen-bond acceptors (Lipinski definition) is 6. The van der Waals surface area contributed by atoms with E-state index in [0.29, 0.717) is 51.6 Å². The second-order valence-corrected chi connectivity index (χ2v) is 9.16. The fraction of sp³-hybridized carbons (Fsp3) is 0.826. The second-order valence-electron chi connectivity index (χ2n) is 9.16. The molecule has 3 amide bonds. The van der Waals surface area contributed by atoms with Gasteiger partial charge in [-0.1, -0.05) is 40.5 Å². The van der Waals surface area contributed by atoms with Crippen molar-refractivity contribution in [2.45, 2.75) is 96.8 Å². The quantitative estimate of drug-likeness (QED) is 0.232. The van der Waals surface area contributed by atoms with Crippen LogP contribution < -0.4 is 22.1 Å². The summed E-state index contributed by atoms with van der Waals surface area (Å²) < 4.78 is 0. The zero-order chi connectivity index (χ0) is 25.1. The van der Waals surface area contributed by atoms with Gasteiger partial charge in [0.1, 0.15) is 18.1 Å². The van der Waals surface area contributed by atoms with Crippen LogP contribution in [0.5, 0.6) is 0 Å². The zero-order valence-corrected chi connectivity index (χ0v) is 20.5. The highest BCUT2D eigenvalue weighted by Gasteiger charge is 2.39. The molecule has 0 aromatic rings. The molecule has 0 spiro atoms. The van der Waals surface area contributed by atoms with E-state index in [0.717, 1.165) is 6.42 Å². The summed E-state index contributed by atoms with van der Waals surface area (Å²) in [5.74, 6) is -2.59. The molecule has 0 aromatic heterocycles. The van der Waals surface area contributed by atoms with Crippen LogP contribution in [-0.4, -0.2) is 71.0 Å². The predicted molar refractivity (Wildman–Crippen MR) is 126 cm³/mol. The van der Waals surface area contributed by atoms with Gasteiger partial charge in [-0.3, -0.25) is 14.4 Å². The number of rotatable bonds is 14. The minimum Gasteiger partial charge on any atom is -0.480 e. The van der Waals surface area contributed by atoms with E-state index < -0.39 is 42.0 Å². The maximum atomic E-state index is 13.4. The summed E-state index contributed by atoms with van der Waals surface area (Å²) in [4.78, 5) is 52.1. The molecule has 0 aliphatic carbocycles. The minimum atomic E-state index is -1.10. The van der Waals surface area contributed by atoms with Crippen molar-refractivity contribution in [2.75, 3.05) is 13.1 Å². The van der Waals surface area contributed by atoms with Gasteiger partial charge in [-0.2, -0.15) is 0 Å². The SMILES string of the molecule is CCC(C)C(N)C(=O)NC(CCCCN)C(=O)N1CCCC1C(=O)NC(C(=O)O)C(C)CC. The lowest BCUT2D eigenvalue weighted by molar-refractivity contribution is -0.146. The van der Waals surface area contributed by atoms with E-state index in [1.807, 2.05) is 20.8 Å². The number of unbranched alkanes of at least 4 members (excludes halogenated alkanes) is 1. The first-order valence-corrected chi connectivity index (χ1v) is 12.2. The van der Waals surface area contributed by atoms with Gasteiger partial charge < -0.3 is 32.1 Å². The third-order valence-electron chi connectivity index (χ3n) is 6.74. The first-order chi connectivity index (χ1) is 15.6. The molecule has 10 heteroatoms. The maximum absolute atomic E-state index is 13.4. The standard InChI is InChI=1S/C23H43N5O5/c1-5-14(3)18(25)21(30)26-16(10-7-8-12-24)22(31)28-13-9-11-17(28)20(29)27-19(23(32)33)15(4)6-2/h14-19H,5-13,24-25H2,1-4H3,(H,26,30)(H,27,29)(H,32,33). The fourth-order valence-corrected chi connectivity index (χ4v) is 3.97. The summed E-state index contributed by atoms with van der Waals surface area (Å²) >= 11 is 0. The van der Waals surface area contributed by atoms with Crippen LogP contribution in [0.1, 0.15) is 72.6 Å². The number of amides is 3.